The van der Waals surface area contributed by atoms with Crippen LogP contribution in [-0.2, 0) is 18.3 Å². The summed E-state index contributed by atoms with van der Waals surface area (Å²) < 4.78 is 30.9. The Morgan fingerprint density at radius 2 is 1.97 bits per heavy atom. The Labute approximate surface area is 216 Å². The van der Waals surface area contributed by atoms with Gasteiger partial charge in [0, 0.05) is 45.0 Å². The number of halogens is 1. The van der Waals surface area contributed by atoms with E-state index in [9.17, 15) is 4.79 Å². The standard InChI is InChI=1S/C28H36FN5O3/c1-18-17-37-27-24(21(29)14-22-25(27)26-23(15-30-22)32(3)28(35)34(18)26)19-7-8-20(31(2)16-19)6-4-5-9-33-10-12-36-13-11-33/h7-8,14,16,18,20,30H,4-6,9-13,15,17H2,1-3H3. The first-order valence-corrected chi connectivity index (χ1v) is 13.4. The summed E-state index contributed by atoms with van der Waals surface area (Å²) in [5.74, 6) is 0.192. The number of nitrogens with zero attached hydrogens (tertiary/aromatic N) is 4. The maximum absolute atomic E-state index is 15.7. The van der Waals surface area contributed by atoms with Crippen LogP contribution < -0.4 is 15.7 Å². The number of unbranched alkanes of at least 4 members (excludes halogenated alkanes) is 1. The van der Waals surface area contributed by atoms with Gasteiger partial charge in [-0.15, -0.1) is 0 Å². The molecule has 2 aromatic rings. The molecule has 0 radical (unpaired) electrons. The van der Waals surface area contributed by atoms with Crippen molar-refractivity contribution in [3.63, 3.8) is 0 Å². The van der Waals surface area contributed by atoms with Gasteiger partial charge < -0.3 is 19.7 Å². The van der Waals surface area contributed by atoms with E-state index in [2.05, 4.69) is 28.2 Å². The molecule has 0 saturated carbocycles. The van der Waals surface area contributed by atoms with Crippen LogP contribution in [0.2, 0.25) is 0 Å². The second kappa shape index (κ2) is 9.68. The van der Waals surface area contributed by atoms with Gasteiger partial charge in [0.25, 0.3) is 0 Å². The molecule has 0 bridgehead atoms. The van der Waals surface area contributed by atoms with Crippen molar-refractivity contribution in [3.05, 3.63) is 52.0 Å². The van der Waals surface area contributed by atoms with E-state index in [1.165, 1.54) is 6.42 Å². The number of allylic oxidation sites excluding steroid dienone is 2. The number of benzene rings is 1. The lowest BCUT2D eigenvalue weighted by Crippen LogP contribution is -2.37. The lowest BCUT2D eigenvalue weighted by Gasteiger charge is -2.30. The molecule has 1 saturated heterocycles. The summed E-state index contributed by atoms with van der Waals surface area (Å²) in [6, 6.07) is 1.67. The Hall–Kier alpha value is -3.04. The van der Waals surface area contributed by atoms with Gasteiger partial charge in [-0.3, -0.25) is 14.0 Å². The van der Waals surface area contributed by atoms with Crippen LogP contribution >= 0.6 is 0 Å². The Morgan fingerprint density at radius 1 is 1.16 bits per heavy atom. The van der Waals surface area contributed by atoms with Crippen LogP contribution in [0.4, 0.5) is 10.1 Å². The number of aromatic nitrogens is 2. The molecule has 37 heavy (non-hydrogen) atoms. The van der Waals surface area contributed by atoms with E-state index >= 15 is 4.39 Å². The minimum absolute atomic E-state index is 0.0672. The van der Waals surface area contributed by atoms with Crippen molar-refractivity contribution in [1.29, 1.82) is 0 Å². The molecule has 8 nitrogen and oxygen atoms in total. The number of ether oxygens (including phenoxy) is 2. The zero-order valence-electron chi connectivity index (χ0n) is 21.9. The number of morpholine rings is 1. The van der Waals surface area contributed by atoms with Gasteiger partial charge in [0.2, 0.25) is 0 Å². The summed E-state index contributed by atoms with van der Waals surface area (Å²) in [5.41, 5.74) is 4.37. The number of anilines is 1. The number of hydrogen-bond donors (Lipinski definition) is 1. The predicted octanol–water partition coefficient (Wildman–Crippen LogP) is 3.59. The Morgan fingerprint density at radius 3 is 2.76 bits per heavy atom. The number of hydrogen-bond acceptors (Lipinski definition) is 6. The third-order valence-electron chi connectivity index (χ3n) is 8.22. The molecule has 1 fully saturated rings. The van der Waals surface area contributed by atoms with Gasteiger partial charge in [-0.2, -0.15) is 0 Å². The minimum Gasteiger partial charge on any atom is -0.490 e. The smallest absolute Gasteiger partial charge is 0.329 e. The van der Waals surface area contributed by atoms with Crippen molar-refractivity contribution in [2.24, 2.45) is 7.05 Å². The molecule has 5 heterocycles. The molecule has 9 heteroatoms. The zero-order chi connectivity index (χ0) is 25.7. The van der Waals surface area contributed by atoms with Crippen LogP contribution in [0, 0.1) is 5.82 Å². The monoisotopic (exact) mass is 509 g/mol. The molecule has 1 N–H and O–H groups in total. The Kier molecular flexibility index (Phi) is 6.36. The van der Waals surface area contributed by atoms with Crippen molar-refractivity contribution in [2.75, 3.05) is 51.8 Å². The summed E-state index contributed by atoms with van der Waals surface area (Å²) in [6.45, 7) is 7.61. The highest BCUT2D eigenvalue weighted by Gasteiger charge is 2.36. The van der Waals surface area contributed by atoms with Gasteiger partial charge in [-0.1, -0.05) is 12.2 Å². The molecular formula is C28H36FN5O3. The quantitative estimate of drug-likeness (QED) is 0.601. The summed E-state index contributed by atoms with van der Waals surface area (Å²) in [7, 11) is 3.85. The first kappa shape index (κ1) is 24.3. The lowest BCUT2D eigenvalue weighted by atomic mass is 9.93. The molecule has 1 aromatic carbocycles. The molecular weight excluding hydrogens is 473 g/mol. The van der Waals surface area contributed by atoms with Gasteiger partial charge >= 0.3 is 5.69 Å². The number of rotatable bonds is 6. The molecule has 2 unspecified atom stereocenters. The van der Waals surface area contributed by atoms with Gasteiger partial charge in [-0.25, -0.2) is 9.18 Å². The van der Waals surface area contributed by atoms with Crippen molar-refractivity contribution >= 4 is 11.3 Å². The van der Waals surface area contributed by atoms with E-state index in [0.29, 0.717) is 30.2 Å². The van der Waals surface area contributed by atoms with Gasteiger partial charge in [0.1, 0.15) is 18.2 Å². The third-order valence-corrected chi connectivity index (χ3v) is 8.22. The normalized spacial score (nSPS) is 22.7. The second-order valence-corrected chi connectivity index (χ2v) is 10.6. The van der Waals surface area contributed by atoms with Crippen LogP contribution in [0.3, 0.4) is 0 Å². The molecule has 6 rings (SSSR count). The lowest BCUT2D eigenvalue weighted by molar-refractivity contribution is 0.0370. The molecule has 4 aliphatic rings. The largest absolute Gasteiger partial charge is 0.490 e. The van der Waals surface area contributed by atoms with E-state index in [1.807, 2.05) is 19.2 Å². The fourth-order valence-corrected chi connectivity index (χ4v) is 6.09. The van der Waals surface area contributed by atoms with Crippen LogP contribution in [-0.4, -0.2) is 71.5 Å². The predicted molar refractivity (Wildman–Crippen MR) is 142 cm³/mol. The van der Waals surface area contributed by atoms with Gasteiger partial charge in [0.15, 0.2) is 0 Å². The average molecular weight is 510 g/mol. The van der Waals surface area contributed by atoms with Crippen molar-refractivity contribution < 1.29 is 13.9 Å². The van der Waals surface area contributed by atoms with Crippen LogP contribution in [0.25, 0.3) is 16.8 Å². The fraction of sp³-hybridized carbons (Fsp3) is 0.536. The maximum Gasteiger partial charge on any atom is 0.329 e. The molecule has 198 valence electrons. The van der Waals surface area contributed by atoms with Crippen LogP contribution in [0.1, 0.15) is 43.5 Å². The summed E-state index contributed by atoms with van der Waals surface area (Å²) in [4.78, 5) is 17.7. The van der Waals surface area contributed by atoms with Crippen molar-refractivity contribution in [2.45, 2.75) is 44.8 Å². The number of imidazole rings is 1. The highest BCUT2D eigenvalue weighted by molar-refractivity contribution is 5.92. The first-order chi connectivity index (χ1) is 17.9. The number of nitrogens with one attached hydrogen (secondary N) is 1. The fourth-order valence-electron chi connectivity index (χ4n) is 6.09. The topological polar surface area (TPSA) is 63.9 Å². The summed E-state index contributed by atoms with van der Waals surface area (Å²) >= 11 is 0. The minimum atomic E-state index is -0.322. The maximum atomic E-state index is 15.7. The molecule has 4 aliphatic heterocycles. The average Bonchev–Trinajstić information content (AvgIpc) is 3.05. The van der Waals surface area contributed by atoms with Crippen molar-refractivity contribution in [1.82, 2.24) is 18.9 Å². The highest BCUT2D eigenvalue weighted by atomic mass is 19.1. The summed E-state index contributed by atoms with van der Waals surface area (Å²) in [6.07, 6.45) is 9.59. The van der Waals surface area contributed by atoms with Gasteiger partial charge in [-0.05, 0) is 38.8 Å². The zero-order valence-corrected chi connectivity index (χ0v) is 21.9. The summed E-state index contributed by atoms with van der Waals surface area (Å²) in [5, 5.41) is 3.31. The second-order valence-electron chi connectivity index (χ2n) is 10.6. The Bertz CT molecular complexity index is 1320. The third kappa shape index (κ3) is 4.18. The Balaban J connectivity index is 1.26. The molecule has 0 amide bonds. The molecule has 0 spiro atoms. The van der Waals surface area contributed by atoms with Crippen LogP contribution in [0.5, 0.6) is 5.75 Å². The van der Waals surface area contributed by atoms with E-state index < -0.39 is 0 Å². The van der Waals surface area contributed by atoms with Crippen LogP contribution in [0.15, 0.2) is 29.2 Å². The van der Waals surface area contributed by atoms with E-state index in [-0.39, 0.29) is 23.6 Å². The van der Waals surface area contributed by atoms with E-state index in [0.717, 1.165) is 68.2 Å². The SMILES string of the molecule is CC1COc2c(C3=CN(C)C(CCCCN4CCOCC4)C=C3)c(F)cc3c2-c2c(n(C)c(=O)n21)CN3. The molecule has 2 atom stereocenters. The van der Waals surface area contributed by atoms with Crippen molar-refractivity contribution in [3.8, 4) is 17.0 Å². The molecule has 0 aliphatic carbocycles. The van der Waals surface area contributed by atoms with E-state index in [4.69, 9.17) is 9.47 Å². The van der Waals surface area contributed by atoms with Gasteiger partial charge in [0.05, 0.1) is 54.0 Å². The first-order valence-electron chi connectivity index (χ1n) is 13.4. The molecule has 1 aromatic heterocycles. The highest BCUT2D eigenvalue weighted by Crippen LogP contribution is 2.49. The van der Waals surface area contributed by atoms with E-state index in [1.54, 1.807) is 22.2 Å². The number of likely N-dealkylation sites (N-methyl/N-ethyl adjacent to an activating group) is 1.